The molecule has 2 aliphatic rings. The fraction of sp³-hybridized carbons (Fsp3) is 0.278. The summed E-state index contributed by atoms with van der Waals surface area (Å²) in [5.74, 6) is 0.951. The molecular formula is C18H17FN2O3. The third-order valence-corrected chi connectivity index (χ3v) is 4.36. The molecule has 0 radical (unpaired) electrons. The van der Waals surface area contributed by atoms with Crippen molar-refractivity contribution in [2.24, 2.45) is 0 Å². The molecule has 4 rings (SSSR count). The summed E-state index contributed by atoms with van der Waals surface area (Å²) in [6.45, 7) is 1.81. The van der Waals surface area contributed by atoms with Gasteiger partial charge >= 0.3 is 0 Å². The maximum Gasteiger partial charge on any atom is 0.251 e. The molecule has 0 aliphatic carbocycles. The number of benzene rings is 2. The van der Waals surface area contributed by atoms with E-state index in [9.17, 15) is 9.18 Å². The van der Waals surface area contributed by atoms with Crippen molar-refractivity contribution < 1.29 is 18.7 Å². The Morgan fingerprint density at radius 1 is 1.17 bits per heavy atom. The van der Waals surface area contributed by atoms with Crippen molar-refractivity contribution in [3.05, 3.63) is 58.4 Å². The van der Waals surface area contributed by atoms with Crippen molar-refractivity contribution in [1.29, 1.82) is 0 Å². The highest BCUT2D eigenvalue weighted by Gasteiger charge is 2.20. The molecule has 0 fully saturated rings. The number of halogens is 1. The lowest BCUT2D eigenvalue weighted by atomic mass is 9.94. The first-order valence-corrected chi connectivity index (χ1v) is 7.90. The van der Waals surface area contributed by atoms with Gasteiger partial charge in [-0.1, -0.05) is 6.07 Å². The van der Waals surface area contributed by atoms with Crippen molar-refractivity contribution in [2.75, 3.05) is 13.3 Å². The molecule has 0 saturated heterocycles. The predicted octanol–water partition coefficient (Wildman–Crippen LogP) is 2.13. The van der Waals surface area contributed by atoms with Gasteiger partial charge in [0.05, 0.1) is 0 Å². The van der Waals surface area contributed by atoms with Crippen LogP contribution in [-0.4, -0.2) is 19.2 Å². The standard InChI is InChI=1S/C18H17FN2O3/c19-15-3-2-13(12-5-6-20-9-14(12)15)18(22)21-8-11-1-4-16-17(7-11)24-10-23-16/h1-4,7,20H,5-6,8-10H2,(H,21,22). The minimum Gasteiger partial charge on any atom is -0.454 e. The quantitative estimate of drug-likeness (QED) is 0.906. The summed E-state index contributed by atoms with van der Waals surface area (Å²) in [5, 5.41) is 6.03. The summed E-state index contributed by atoms with van der Waals surface area (Å²) in [6, 6.07) is 8.50. The van der Waals surface area contributed by atoms with Crippen LogP contribution >= 0.6 is 0 Å². The van der Waals surface area contributed by atoms with Gasteiger partial charge in [0.25, 0.3) is 5.91 Å². The van der Waals surface area contributed by atoms with Crippen LogP contribution in [0.1, 0.15) is 27.0 Å². The molecule has 2 aliphatic heterocycles. The molecule has 24 heavy (non-hydrogen) atoms. The van der Waals surface area contributed by atoms with Crippen molar-refractivity contribution in [3.63, 3.8) is 0 Å². The van der Waals surface area contributed by atoms with Crippen molar-refractivity contribution >= 4 is 5.91 Å². The summed E-state index contributed by atoms with van der Waals surface area (Å²) in [5.41, 5.74) is 2.87. The molecule has 0 aromatic heterocycles. The van der Waals surface area contributed by atoms with Crippen LogP contribution in [0.4, 0.5) is 4.39 Å². The van der Waals surface area contributed by atoms with Crippen LogP contribution in [0.15, 0.2) is 30.3 Å². The van der Waals surface area contributed by atoms with E-state index in [-0.39, 0.29) is 18.5 Å². The lowest BCUT2D eigenvalue weighted by Crippen LogP contribution is -2.30. The van der Waals surface area contributed by atoms with Crippen LogP contribution < -0.4 is 20.1 Å². The highest BCUT2D eigenvalue weighted by atomic mass is 19.1. The number of carbonyl (C=O) groups excluding carboxylic acids is 1. The van der Waals surface area contributed by atoms with E-state index in [2.05, 4.69) is 10.6 Å². The fourth-order valence-electron chi connectivity index (χ4n) is 3.11. The Morgan fingerprint density at radius 3 is 2.96 bits per heavy atom. The Balaban J connectivity index is 1.51. The smallest absolute Gasteiger partial charge is 0.251 e. The van der Waals surface area contributed by atoms with E-state index in [0.717, 1.165) is 17.7 Å². The Bertz CT molecular complexity index is 807. The summed E-state index contributed by atoms with van der Waals surface area (Å²) in [7, 11) is 0. The number of fused-ring (bicyclic) bond motifs is 2. The number of rotatable bonds is 3. The predicted molar refractivity (Wildman–Crippen MR) is 85.5 cm³/mol. The van der Waals surface area contributed by atoms with E-state index in [0.29, 0.717) is 42.1 Å². The molecular weight excluding hydrogens is 311 g/mol. The normalized spacial score (nSPS) is 15.0. The minimum absolute atomic E-state index is 0.189. The lowest BCUT2D eigenvalue weighted by Gasteiger charge is -2.20. The van der Waals surface area contributed by atoms with Crippen LogP contribution in [0, 0.1) is 5.82 Å². The summed E-state index contributed by atoms with van der Waals surface area (Å²) in [6.07, 6.45) is 0.653. The Hall–Kier alpha value is -2.60. The number of amides is 1. The highest BCUT2D eigenvalue weighted by molar-refractivity contribution is 5.96. The monoisotopic (exact) mass is 328 g/mol. The third kappa shape index (κ3) is 2.69. The molecule has 0 bridgehead atoms. The number of nitrogens with one attached hydrogen (secondary N) is 2. The topological polar surface area (TPSA) is 59.6 Å². The molecule has 2 aromatic rings. The molecule has 0 saturated carbocycles. The Labute approximate surface area is 138 Å². The number of hydrogen-bond donors (Lipinski definition) is 2. The number of hydrogen-bond acceptors (Lipinski definition) is 4. The van der Waals surface area contributed by atoms with Crippen molar-refractivity contribution in [2.45, 2.75) is 19.5 Å². The van der Waals surface area contributed by atoms with Gasteiger partial charge in [0.15, 0.2) is 11.5 Å². The SMILES string of the molecule is O=C(NCc1ccc2c(c1)OCO2)c1ccc(F)c2c1CCNC2. The van der Waals surface area contributed by atoms with Gasteiger partial charge in [-0.2, -0.15) is 0 Å². The van der Waals surface area contributed by atoms with Crippen LogP contribution in [0.2, 0.25) is 0 Å². The van der Waals surface area contributed by atoms with Gasteiger partial charge in [0, 0.05) is 24.2 Å². The zero-order valence-electron chi connectivity index (χ0n) is 13.0. The van der Waals surface area contributed by atoms with Gasteiger partial charge in [0.1, 0.15) is 5.82 Å². The van der Waals surface area contributed by atoms with Gasteiger partial charge in [-0.3, -0.25) is 4.79 Å². The maximum atomic E-state index is 13.9. The maximum absolute atomic E-state index is 13.9. The highest BCUT2D eigenvalue weighted by Crippen LogP contribution is 2.32. The largest absolute Gasteiger partial charge is 0.454 e. The zero-order valence-corrected chi connectivity index (χ0v) is 13.0. The van der Waals surface area contributed by atoms with E-state index in [1.807, 2.05) is 18.2 Å². The number of carbonyl (C=O) groups is 1. The van der Waals surface area contributed by atoms with Crippen LogP contribution in [0.25, 0.3) is 0 Å². The van der Waals surface area contributed by atoms with E-state index in [1.165, 1.54) is 6.07 Å². The van der Waals surface area contributed by atoms with Crippen LogP contribution in [0.3, 0.4) is 0 Å². The molecule has 124 valence electrons. The first kappa shape index (κ1) is 15.0. The Morgan fingerprint density at radius 2 is 2.04 bits per heavy atom. The molecule has 2 aromatic carbocycles. The summed E-state index contributed by atoms with van der Waals surface area (Å²) in [4.78, 5) is 12.5. The third-order valence-electron chi connectivity index (χ3n) is 4.36. The van der Waals surface area contributed by atoms with Gasteiger partial charge in [-0.15, -0.1) is 0 Å². The molecule has 0 atom stereocenters. The van der Waals surface area contributed by atoms with Gasteiger partial charge in [0.2, 0.25) is 6.79 Å². The molecule has 1 amide bonds. The van der Waals surface area contributed by atoms with Gasteiger partial charge in [-0.25, -0.2) is 4.39 Å². The summed E-state index contributed by atoms with van der Waals surface area (Å²) < 4.78 is 24.5. The van der Waals surface area contributed by atoms with Crippen molar-refractivity contribution in [3.8, 4) is 11.5 Å². The molecule has 2 N–H and O–H groups in total. The molecule has 2 heterocycles. The van der Waals surface area contributed by atoms with E-state index in [4.69, 9.17) is 9.47 Å². The first-order valence-electron chi connectivity index (χ1n) is 7.90. The van der Waals surface area contributed by atoms with Crippen LogP contribution in [-0.2, 0) is 19.5 Å². The molecule has 6 heteroatoms. The summed E-state index contributed by atoms with van der Waals surface area (Å²) >= 11 is 0. The van der Waals surface area contributed by atoms with Gasteiger partial charge < -0.3 is 20.1 Å². The minimum atomic E-state index is -0.260. The molecule has 5 nitrogen and oxygen atoms in total. The molecule has 0 unspecified atom stereocenters. The molecule has 0 spiro atoms. The van der Waals surface area contributed by atoms with E-state index < -0.39 is 0 Å². The van der Waals surface area contributed by atoms with Crippen LogP contribution in [0.5, 0.6) is 11.5 Å². The van der Waals surface area contributed by atoms with E-state index in [1.54, 1.807) is 6.07 Å². The van der Waals surface area contributed by atoms with Gasteiger partial charge in [-0.05, 0) is 48.4 Å². The lowest BCUT2D eigenvalue weighted by molar-refractivity contribution is 0.0949. The van der Waals surface area contributed by atoms with E-state index >= 15 is 0 Å². The fourth-order valence-corrected chi connectivity index (χ4v) is 3.11. The average Bonchev–Trinajstić information content (AvgIpc) is 3.08. The second-order valence-corrected chi connectivity index (χ2v) is 5.85. The number of ether oxygens (including phenoxy) is 2. The average molecular weight is 328 g/mol. The second kappa shape index (κ2) is 6.13. The van der Waals surface area contributed by atoms with Crippen molar-refractivity contribution in [1.82, 2.24) is 10.6 Å². The zero-order chi connectivity index (χ0) is 16.5. The first-order chi connectivity index (χ1) is 11.7. The second-order valence-electron chi connectivity index (χ2n) is 5.85. The Kier molecular flexibility index (Phi) is 3.82.